The highest BCUT2D eigenvalue weighted by Crippen LogP contribution is 2.08. The van der Waals surface area contributed by atoms with E-state index in [1.807, 2.05) is 13.8 Å². The van der Waals surface area contributed by atoms with Gasteiger partial charge in [-0.3, -0.25) is 4.79 Å². The Balaban J connectivity index is 3.78. The van der Waals surface area contributed by atoms with Crippen molar-refractivity contribution in [2.45, 2.75) is 78.4 Å². The number of unbranched alkanes of at least 4 members (excludes halogenated alkanes) is 3. The van der Waals surface area contributed by atoms with Crippen LogP contribution in [-0.4, -0.2) is 37.9 Å². The van der Waals surface area contributed by atoms with Crippen LogP contribution in [-0.2, 0) is 14.3 Å². The van der Waals surface area contributed by atoms with Crippen molar-refractivity contribution in [3.8, 4) is 0 Å². The first-order valence-corrected chi connectivity index (χ1v) is 8.17. The monoisotopic (exact) mass is 287 g/mol. The van der Waals surface area contributed by atoms with Crippen LogP contribution in [0.1, 0.15) is 66.2 Å². The molecule has 4 heteroatoms. The zero-order valence-electron chi connectivity index (χ0n) is 13.7. The van der Waals surface area contributed by atoms with Crippen molar-refractivity contribution in [2.75, 3.05) is 19.8 Å². The van der Waals surface area contributed by atoms with E-state index in [0.29, 0.717) is 19.6 Å². The maximum atomic E-state index is 11.7. The maximum Gasteiger partial charge on any atom is 0.323 e. The summed E-state index contributed by atoms with van der Waals surface area (Å²) in [5.41, 5.74) is 0. The number of rotatable bonds is 13. The van der Waals surface area contributed by atoms with E-state index in [9.17, 15) is 4.79 Å². The molecule has 0 aromatic rings. The first-order chi connectivity index (χ1) is 9.65. The Kier molecular flexibility index (Phi) is 13.0. The van der Waals surface area contributed by atoms with Gasteiger partial charge in [-0.2, -0.15) is 0 Å². The van der Waals surface area contributed by atoms with E-state index < -0.39 is 0 Å². The van der Waals surface area contributed by atoms with Crippen LogP contribution >= 0.6 is 0 Å². The molecule has 20 heavy (non-hydrogen) atoms. The molecule has 0 amide bonds. The zero-order chi connectivity index (χ0) is 15.2. The summed E-state index contributed by atoms with van der Waals surface area (Å²) in [6, 6.07) is -0.243. The van der Waals surface area contributed by atoms with Crippen molar-refractivity contribution < 1.29 is 14.3 Å². The molecule has 0 saturated heterocycles. The summed E-state index contributed by atoms with van der Waals surface area (Å²) < 4.78 is 10.8. The lowest BCUT2D eigenvalue weighted by Gasteiger charge is -2.18. The molecular weight excluding hydrogens is 254 g/mol. The van der Waals surface area contributed by atoms with Gasteiger partial charge in [-0.25, -0.2) is 0 Å². The van der Waals surface area contributed by atoms with Gasteiger partial charge < -0.3 is 14.8 Å². The van der Waals surface area contributed by atoms with Crippen LogP contribution in [0.3, 0.4) is 0 Å². The fraction of sp³-hybridized carbons (Fsp3) is 0.938. The molecule has 0 bridgehead atoms. The van der Waals surface area contributed by atoms with Gasteiger partial charge in [0.15, 0.2) is 0 Å². The smallest absolute Gasteiger partial charge is 0.323 e. The molecule has 0 spiro atoms. The molecule has 0 aliphatic rings. The Hall–Kier alpha value is -0.610. The number of hydrogen-bond acceptors (Lipinski definition) is 4. The minimum Gasteiger partial charge on any atom is -0.465 e. The van der Waals surface area contributed by atoms with Crippen LogP contribution in [0, 0.1) is 0 Å². The second-order valence-corrected chi connectivity index (χ2v) is 5.18. The van der Waals surface area contributed by atoms with Crippen LogP contribution < -0.4 is 5.32 Å². The normalized spacial score (nSPS) is 14.0. The highest BCUT2D eigenvalue weighted by molar-refractivity contribution is 5.75. The van der Waals surface area contributed by atoms with Gasteiger partial charge in [-0.1, -0.05) is 39.5 Å². The molecule has 0 heterocycles. The molecule has 0 aromatic heterocycles. The van der Waals surface area contributed by atoms with Crippen molar-refractivity contribution >= 4 is 5.97 Å². The molecule has 0 radical (unpaired) electrons. The molecule has 120 valence electrons. The van der Waals surface area contributed by atoms with Crippen LogP contribution in [0.25, 0.3) is 0 Å². The van der Waals surface area contributed by atoms with Crippen molar-refractivity contribution in [3.63, 3.8) is 0 Å². The zero-order valence-corrected chi connectivity index (χ0v) is 13.7. The Morgan fingerprint density at radius 2 is 1.85 bits per heavy atom. The van der Waals surface area contributed by atoms with E-state index in [-0.39, 0.29) is 18.1 Å². The Morgan fingerprint density at radius 1 is 1.10 bits per heavy atom. The average Bonchev–Trinajstić information content (AvgIpc) is 2.43. The van der Waals surface area contributed by atoms with Gasteiger partial charge in [0.2, 0.25) is 0 Å². The van der Waals surface area contributed by atoms with Crippen LogP contribution in [0.4, 0.5) is 0 Å². The molecule has 0 fully saturated rings. The Morgan fingerprint density at radius 3 is 2.45 bits per heavy atom. The van der Waals surface area contributed by atoms with Crippen molar-refractivity contribution in [3.05, 3.63) is 0 Å². The largest absolute Gasteiger partial charge is 0.465 e. The van der Waals surface area contributed by atoms with Crippen LogP contribution in [0.2, 0.25) is 0 Å². The molecule has 2 unspecified atom stereocenters. The fourth-order valence-electron chi connectivity index (χ4n) is 2.12. The number of carbonyl (C=O) groups excluding carboxylic acids is 1. The number of hydrogen-bond donors (Lipinski definition) is 1. The summed E-state index contributed by atoms with van der Waals surface area (Å²) in [5, 5.41) is 3.15. The lowest BCUT2D eigenvalue weighted by Crippen LogP contribution is -2.39. The van der Waals surface area contributed by atoms with E-state index in [2.05, 4.69) is 19.2 Å². The highest BCUT2D eigenvalue weighted by atomic mass is 16.5. The van der Waals surface area contributed by atoms with Gasteiger partial charge in [-0.15, -0.1) is 0 Å². The minimum absolute atomic E-state index is 0.173. The second kappa shape index (κ2) is 13.4. The summed E-state index contributed by atoms with van der Waals surface area (Å²) in [6.07, 6.45) is 7.13. The van der Waals surface area contributed by atoms with E-state index in [0.717, 1.165) is 13.0 Å². The lowest BCUT2D eigenvalue weighted by atomic mass is 10.1. The maximum absolute atomic E-state index is 11.7. The first kappa shape index (κ1) is 19.4. The molecule has 0 saturated carbocycles. The van der Waals surface area contributed by atoms with Crippen LogP contribution in [0.5, 0.6) is 0 Å². The van der Waals surface area contributed by atoms with Crippen LogP contribution in [0.15, 0.2) is 0 Å². The summed E-state index contributed by atoms with van der Waals surface area (Å²) in [7, 11) is 0. The topological polar surface area (TPSA) is 47.6 Å². The molecular formula is C16H33NO3. The number of esters is 1. The molecule has 4 nitrogen and oxygen atoms in total. The van der Waals surface area contributed by atoms with E-state index in [1.54, 1.807) is 0 Å². The molecule has 0 aliphatic carbocycles. The third-order valence-corrected chi connectivity index (χ3v) is 3.29. The minimum atomic E-state index is -0.243. The summed E-state index contributed by atoms with van der Waals surface area (Å²) in [4.78, 5) is 11.7. The van der Waals surface area contributed by atoms with Gasteiger partial charge in [-0.05, 0) is 33.2 Å². The molecule has 0 aromatic carbocycles. The Bertz CT molecular complexity index is 234. The quantitative estimate of drug-likeness (QED) is 0.417. The third-order valence-electron chi connectivity index (χ3n) is 3.29. The van der Waals surface area contributed by atoms with Gasteiger partial charge in [0.25, 0.3) is 0 Å². The molecule has 0 rings (SSSR count). The lowest BCUT2D eigenvalue weighted by molar-refractivity contribution is -0.146. The average molecular weight is 287 g/mol. The number of likely N-dealkylation sites (N-methyl/N-ethyl adjacent to an activating group) is 1. The number of nitrogens with one attached hydrogen (secondary N) is 1. The predicted molar refractivity (Wildman–Crippen MR) is 82.9 cm³/mol. The second-order valence-electron chi connectivity index (χ2n) is 5.18. The SMILES string of the molecule is CCCCCCC(C)OCCC(NCC)C(=O)OCC. The molecule has 0 aliphatic heterocycles. The number of carbonyl (C=O) groups is 1. The van der Waals surface area contributed by atoms with Gasteiger partial charge in [0.1, 0.15) is 6.04 Å². The summed E-state index contributed by atoms with van der Waals surface area (Å²) in [6.45, 7) is 9.94. The molecule has 2 atom stereocenters. The number of ether oxygens (including phenoxy) is 2. The molecule has 1 N–H and O–H groups in total. The van der Waals surface area contributed by atoms with E-state index >= 15 is 0 Å². The summed E-state index contributed by atoms with van der Waals surface area (Å²) in [5.74, 6) is -0.173. The van der Waals surface area contributed by atoms with Gasteiger partial charge in [0.05, 0.1) is 12.7 Å². The van der Waals surface area contributed by atoms with Gasteiger partial charge in [0, 0.05) is 6.61 Å². The van der Waals surface area contributed by atoms with E-state index in [4.69, 9.17) is 9.47 Å². The van der Waals surface area contributed by atoms with Crippen molar-refractivity contribution in [2.24, 2.45) is 0 Å². The standard InChI is InChI=1S/C16H33NO3/c1-5-8-9-10-11-14(4)20-13-12-15(17-6-2)16(18)19-7-3/h14-15,17H,5-13H2,1-4H3. The third kappa shape index (κ3) is 10.2. The first-order valence-electron chi connectivity index (χ1n) is 8.17. The fourth-order valence-corrected chi connectivity index (χ4v) is 2.12. The van der Waals surface area contributed by atoms with Gasteiger partial charge >= 0.3 is 5.97 Å². The predicted octanol–water partition coefficient (Wildman–Crippen LogP) is 3.29. The Labute approximate surface area is 124 Å². The van der Waals surface area contributed by atoms with Crippen molar-refractivity contribution in [1.29, 1.82) is 0 Å². The van der Waals surface area contributed by atoms with E-state index in [1.165, 1.54) is 25.7 Å². The summed E-state index contributed by atoms with van der Waals surface area (Å²) >= 11 is 0. The highest BCUT2D eigenvalue weighted by Gasteiger charge is 2.18. The van der Waals surface area contributed by atoms with Crippen molar-refractivity contribution in [1.82, 2.24) is 5.32 Å².